The quantitative estimate of drug-likeness (QED) is 0.0344. The Hall–Kier alpha value is -1.59. The van der Waals surface area contributed by atoms with E-state index in [0.29, 0.717) is 19.3 Å². The first-order valence-electron chi connectivity index (χ1n) is 29.4. The Morgan fingerprint density at radius 3 is 0.800 bits per heavy atom. The van der Waals surface area contributed by atoms with E-state index in [4.69, 9.17) is 14.2 Å². The number of rotatable bonds is 54. The largest absolute Gasteiger partial charge is 0.462 e. The highest BCUT2D eigenvalue weighted by Crippen LogP contribution is 2.18. The van der Waals surface area contributed by atoms with Crippen LogP contribution in [0.4, 0.5) is 0 Å². The molecule has 0 aromatic rings. The lowest BCUT2D eigenvalue weighted by Gasteiger charge is -2.18. The summed E-state index contributed by atoms with van der Waals surface area (Å²) in [5.41, 5.74) is 0. The molecule has 0 aliphatic rings. The molecule has 0 fully saturated rings. The molecule has 0 N–H and O–H groups in total. The Bertz CT molecular complexity index is 982. The lowest BCUT2D eigenvalue weighted by atomic mass is 9.99. The average Bonchev–Trinajstić information content (AvgIpc) is 3.30. The zero-order chi connectivity index (χ0) is 47.4. The summed E-state index contributed by atoms with van der Waals surface area (Å²) in [5, 5.41) is 0. The van der Waals surface area contributed by atoms with Crippen LogP contribution in [0.15, 0.2) is 0 Å². The van der Waals surface area contributed by atoms with Crippen LogP contribution in [0.5, 0.6) is 0 Å². The number of hydrogen-bond donors (Lipinski definition) is 0. The fourth-order valence-electron chi connectivity index (χ4n) is 9.07. The summed E-state index contributed by atoms with van der Waals surface area (Å²) in [5.74, 6) is 0.0348. The number of unbranched alkanes of at least 4 members (excludes halogenated alkanes) is 40. The van der Waals surface area contributed by atoms with E-state index in [9.17, 15) is 14.4 Å². The second kappa shape index (κ2) is 53.4. The molecule has 0 rings (SSSR count). The fraction of sp³-hybridized carbons (Fsp3) is 0.949. The molecule has 0 heterocycles. The van der Waals surface area contributed by atoms with Gasteiger partial charge in [0.25, 0.3) is 0 Å². The van der Waals surface area contributed by atoms with Crippen LogP contribution < -0.4 is 0 Å². The van der Waals surface area contributed by atoms with Gasteiger partial charge in [-0.05, 0) is 25.2 Å². The molecular weight excluding hydrogens is 805 g/mol. The molecule has 0 aromatic heterocycles. The molecule has 0 saturated carbocycles. The zero-order valence-electron chi connectivity index (χ0n) is 44.5. The number of esters is 3. The van der Waals surface area contributed by atoms with Crippen LogP contribution in [0.2, 0.25) is 0 Å². The molecule has 6 heteroatoms. The summed E-state index contributed by atoms with van der Waals surface area (Å²) in [7, 11) is 0. The predicted octanol–water partition coefficient (Wildman–Crippen LogP) is 19.4. The molecule has 0 aliphatic heterocycles. The van der Waals surface area contributed by atoms with E-state index >= 15 is 0 Å². The molecule has 6 nitrogen and oxygen atoms in total. The van der Waals surface area contributed by atoms with Crippen molar-refractivity contribution in [3.8, 4) is 0 Å². The van der Waals surface area contributed by atoms with E-state index in [-0.39, 0.29) is 31.1 Å². The van der Waals surface area contributed by atoms with Gasteiger partial charge >= 0.3 is 17.9 Å². The van der Waals surface area contributed by atoms with Gasteiger partial charge in [0.15, 0.2) is 6.10 Å². The monoisotopic (exact) mass is 919 g/mol. The second-order valence-corrected chi connectivity index (χ2v) is 20.5. The van der Waals surface area contributed by atoms with Gasteiger partial charge in [-0.15, -0.1) is 0 Å². The van der Waals surface area contributed by atoms with E-state index in [1.54, 1.807) is 0 Å². The standard InChI is InChI=1S/C59H114O6/c1-5-8-10-12-14-16-18-20-22-23-24-26-27-29-34-38-42-46-50-57(60)63-53-56(54-64-58(61)51-47-43-39-35-32-31-33-37-41-45-49-55(4)7-3)65-59(62)52-48-44-40-36-30-28-25-21-19-17-15-13-11-9-6-2/h55-56H,5-54H2,1-4H3/t55?,56-/m1/s1. The van der Waals surface area contributed by atoms with Crippen molar-refractivity contribution in [1.82, 2.24) is 0 Å². The summed E-state index contributed by atoms with van der Waals surface area (Å²) >= 11 is 0. The third-order valence-electron chi connectivity index (χ3n) is 13.9. The molecule has 0 aromatic carbocycles. The van der Waals surface area contributed by atoms with Crippen molar-refractivity contribution in [2.24, 2.45) is 5.92 Å². The molecule has 386 valence electrons. The molecular formula is C59H114O6. The second-order valence-electron chi connectivity index (χ2n) is 20.5. The maximum Gasteiger partial charge on any atom is 0.306 e. The minimum Gasteiger partial charge on any atom is -0.462 e. The van der Waals surface area contributed by atoms with Gasteiger partial charge in [-0.3, -0.25) is 14.4 Å². The third-order valence-corrected chi connectivity index (χ3v) is 13.9. The van der Waals surface area contributed by atoms with Gasteiger partial charge in [-0.1, -0.05) is 297 Å². The predicted molar refractivity (Wildman–Crippen MR) is 280 cm³/mol. The van der Waals surface area contributed by atoms with Gasteiger partial charge in [0, 0.05) is 19.3 Å². The smallest absolute Gasteiger partial charge is 0.306 e. The summed E-state index contributed by atoms with van der Waals surface area (Å²) in [6.45, 7) is 9.08. The molecule has 0 spiro atoms. The highest BCUT2D eigenvalue weighted by atomic mass is 16.6. The molecule has 2 atom stereocenters. The molecule has 0 bridgehead atoms. The number of carbonyl (C=O) groups excluding carboxylic acids is 3. The molecule has 1 unspecified atom stereocenters. The first-order valence-corrected chi connectivity index (χ1v) is 29.4. The highest BCUT2D eigenvalue weighted by molar-refractivity contribution is 5.71. The Morgan fingerprint density at radius 1 is 0.308 bits per heavy atom. The third kappa shape index (κ3) is 51.6. The van der Waals surface area contributed by atoms with Crippen molar-refractivity contribution in [2.75, 3.05) is 13.2 Å². The maximum atomic E-state index is 12.8. The average molecular weight is 920 g/mol. The molecule has 0 radical (unpaired) electrons. The normalized spacial score (nSPS) is 12.4. The zero-order valence-corrected chi connectivity index (χ0v) is 44.5. The van der Waals surface area contributed by atoms with Gasteiger partial charge in [0.05, 0.1) is 0 Å². The van der Waals surface area contributed by atoms with Crippen molar-refractivity contribution >= 4 is 17.9 Å². The lowest BCUT2D eigenvalue weighted by Crippen LogP contribution is -2.30. The number of ether oxygens (including phenoxy) is 3. The van der Waals surface area contributed by atoms with E-state index in [1.807, 2.05) is 0 Å². The van der Waals surface area contributed by atoms with E-state index in [0.717, 1.165) is 63.7 Å². The maximum absolute atomic E-state index is 12.8. The van der Waals surface area contributed by atoms with Gasteiger partial charge in [-0.2, -0.15) is 0 Å². The molecule has 0 amide bonds. The summed E-state index contributed by atoms with van der Waals surface area (Å²) in [4.78, 5) is 38.2. The van der Waals surface area contributed by atoms with Crippen molar-refractivity contribution in [1.29, 1.82) is 0 Å². The minimum atomic E-state index is -0.762. The summed E-state index contributed by atoms with van der Waals surface area (Å²) in [6.07, 6.45) is 58.0. The van der Waals surface area contributed by atoms with E-state index in [2.05, 4.69) is 27.7 Å². The van der Waals surface area contributed by atoms with Crippen LogP contribution in [0.25, 0.3) is 0 Å². The molecule has 0 aliphatic carbocycles. The molecule has 65 heavy (non-hydrogen) atoms. The Labute approximate surface area is 406 Å². The first-order chi connectivity index (χ1) is 31.9. The van der Waals surface area contributed by atoms with Crippen molar-refractivity contribution in [2.45, 2.75) is 342 Å². The van der Waals surface area contributed by atoms with Crippen LogP contribution >= 0.6 is 0 Å². The topological polar surface area (TPSA) is 78.9 Å². The van der Waals surface area contributed by atoms with E-state index in [1.165, 1.54) is 231 Å². The van der Waals surface area contributed by atoms with Gasteiger partial charge in [0.2, 0.25) is 0 Å². The van der Waals surface area contributed by atoms with Crippen molar-refractivity contribution < 1.29 is 28.6 Å². The van der Waals surface area contributed by atoms with Crippen LogP contribution in [-0.2, 0) is 28.6 Å². The summed E-state index contributed by atoms with van der Waals surface area (Å²) < 4.78 is 16.9. The van der Waals surface area contributed by atoms with Crippen LogP contribution in [0.3, 0.4) is 0 Å². The highest BCUT2D eigenvalue weighted by Gasteiger charge is 2.19. The number of hydrogen-bond acceptors (Lipinski definition) is 6. The van der Waals surface area contributed by atoms with Crippen molar-refractivity contribution in [3.05, 3.63) is 0 Å². The fourth-order valence-corrected chi connectivity index (χ4v) is 9.07. The van der Waals surface area contributed by atoms with E-state index < -0.39 is 6.10 Å². The van der Waals surface area contributed by atoms with Crippen LogP contribution in [0.1, 0.15) is 336 Å². The van der Waals surface area contributed by atoms with Gasteiger partial charge in [-0.25, -0.2) is 0 Å². The number of carbonyl (C=O) groups is 3. The van der Waals surface area contributed by atoms with Crippen molar-refractivity contribution in [3.63, 3.8) is 0 Å². The Balaban J connectivity index is 4.29. The van der Waals surface area contributed by atoms with Crippen LogP contribution in [0, 0.1) is 5.92 Å². The van der Waals surface area contributed by atoms with Gasteiger partial charge < -0.3 is 14.2 Å². The summed E-state index contributed by atoms with van der Waals surface area (Å²) in [6, 6.07) is 0. The Kier molecular flexibility index (Phi) is 52.1. The van der Waals surface area contributed by atoms with Gasteiger partial charge in [0.1, 0.15) is 13.2 Å². The lowest BCUT2D eigenvalue weighted by molar-refractivity contribution is -0.167. The first kappa shape index (κ1) is 63.4. The Morgan fingerprint density at radius 2 is 0.538 bits per heavy atom. The van der Waals surface area contributed by atoms with Crippen LogP contribution in [-0.4, -0.2) is 37.2 Å². The minimum absolute atomic E-state index is 0.0619. The SMILES string of the molecule is CCCCCCCCCCCCCCCCCCCCC(=O)OC[C@H](COC(=O)CCCCCCCCCCCCC(C)CC)OC(=O)CCCCCCCCCCCCCCCCC. The molecule has 0 saturated heterocycles.